The monoisotopic (exact) mass is 288 g/mol. The van der Waals surface area contributed by atoms with Crippen LogP contribution >= 0.6 is 11.8 Å². The van der Waals surface area contributed by atoms with Crippen molar-refractivity contribution in [3.05, 3.63) is 0 Å². The van der Waals surface area contributed by atoms with Crippen LogP contribution in [0.3, 0.4) is 0 Å². The third-order valence-electron chi connectivity index (χ3n) is 3.75. The first kappa shape index (κ1) is 16.1. The fourth-order valence-corrected chi connectivity index (χ4v) is 3.13. The van der Waals surface area contributed by atoms with Crippen molar-refractivity contribution in [3.63, 3.8) is 0 Å². The smallest absolute Gasteiger partial charge is 0.317 e. The van der Waals surface area contributed by atoms with Crippen LogP contribution in [0, 0.1) is 5.92 Å². The van der Waals surface area contributed by atoms with E-state index in [0.29, 0.717) is 18.2 Å². The summed E-state index contributed by atoms with van der Waals surface area (Å²) < 4.78 is 0. The number of nitrogens with one attached hydrogen (secondary N) is 1. The summed E-state index contributed by atoms with van der Waals surface area (Å²) in [6, 6.07) is -0.211. The first-order chi connectivity index (χ1) is 8.95. The summed E-state index contributed by atoms with van der Waals surface area (Å²) in [5.74, 6) is 1.15. The summed E-state index contributed by atoms with van der Waals surface area (Å²) >= 11 is 1.71. The Hall–Kier alpha value is -0.910. The number of amides is 2. The molecule has 1 fully saturated rings. The Labute approximate surface area is 119 Å². The summed E-state index contributed by atoms with van der Waals surface area (Å²) in [5.41, 5.74) is 0. The molecule has 0 bridgehead atoms. The van der Waals surface area contributed by atoms with Gasteiger partial charge in [-0.25, -0.2) is 4.79 Å². The molecule has 0 aromatic heterocycles. The Morgan fingerprint density at radius 2 is 2.16 bits per heavy atom. The van der Waals surface area contributed by atoms with Gasteiger partial charge in [0.25, 0.3) is 0 Å². The number of carbonyl (C=O) groups is 2. The molecule has 1 aliphatic heterocycles. The van der Waals surface area contributed by atoms with E-state index in [4.69, 9.17) is 5.11 Å². The van der Waals surface area contributed by atoms with Gasteiger partial charge in [-0.2, -0.15) is 11.8 Å². The van der Waals surface area contributed by atoms with Crippen LogP contribution in [0.5, 0.6) is 0 Å². The maximum atomic E-state index is 12.2. The molecule has 19 heavy (non-hydrogen) atoms. The molecule has 2 amide bonds. The lowest BCUT2D eigenvalue weighted by atomic mass is 10.0. The Balaban J connectivity index is 2.59. The number of carboxylic acid groups (broad SMARTS) is 1. The lowest BCUT2D eigenvalue weighted by Gasteiger charge is -2.36. The van der Waals surface area contributed by atoms with Crippen molar-refractivity contribution in [2.75, 3.05) is 18.1 Å². The minimum absolute atomic E-state index is 0.0259. The molecule has 0 aliphatic carbocycles. The number of carboxylic acids is 1. The van der Waals surface area contributed by atoms with Crippen molar-refractivity contribution in [1.82, 2.24) is 10.2 Å². The van der Waals surface area contributed by atoms with E-state index >= 15 is 0 Å². The quantitative estimate of drug-likeness (QED) is 0.812. The second-order valence-electron chi connectivity index (χ2n) is 5.14. The Kier molecular flexibility index (Phi) is 6.48. The van der Waals surface area contributed by atoms with Crippen molar-refractivity contribution < 1.29 is 14.7 Å². The molecule has 1 rings (SSSR count). The molecule has 0 radical (unpaired) electrons. The molecule has 0 saturated carbocycles. The number of rotatable bonds is 5. The summed E-state index contributed by atoms with van der Waals surface area (Å²) in [4.78, 5) is 24.8. The Bertz CT molecular complexity index is 325. The fraction of sp³-hybridized carbons (Fsp3) is 0.846. The Morgan fingerprint density at radius 3 is 2.74 bits per heavy atom. The van der Waals surface area contributed by atoms with Gasteiger partial charge >= 0.3 is 12.0 Å². The van der Waals surface area contributed by atoms with Gasteiger partial charge in [0.05, 0.1) is 12.5 Å². The standard InChI is InChI=1S/C13H24N2O3S/c1-4-9(2)10(3)14-13(18)15-5-6-19-8-11(15)7-12(16)17/h9-11H,4-8H2,1-3H3,(H,14,18)(H,16,17). The zero-order valence-electron chi connectivity index (χ0n) is 11.9. The van der Waals surface area contributed by atoms with E-state index in [0.717, 1.165) is 12.2 Å². The molecule has 0 aromatic rings. The van der Waals surface area contributed by atoms with Gasteiger partial charge in [-0.1, -0.05) is 20.3 Å². The van der Waals surface area contributed by atoms with Crippen LogP contribution < -0.4 is 5.32 Å². The van der Waals surface area contributed by atoms with E-state index in [1.165, 1.54) is 0 Å². The fourth-order valence-electron chi connectivity index (χ4n) is 2.07. The zero-order chi connectivity index (χ0) is 14.4. The normalized spacial score (nSPS) is 22.7. The van der Waals surface area contributed by atoms with E-state index in [-0.39, 0.29) is 24.5 Å². The van der Waals surface area contributed by atoms with Gasteiger partial charge in [-0.3, -0.25) is 4.79 Å². The predicted molar refractivity (Wildman–Crippen MR) is 77.5 cm³/mol. The van der Waals surface area contributed by atoms with Gasteiger partial charge in [0, 0.05) is 24.1 Å². The number of carbonyl (C=O) groups excluding carboxylic acids is 1. The number of urea groups is 1. The third kappa shape index (κ3) is 4.93. The first-order valence-electron chi connectivity index (χ1n) is 6.82. The SMILES string of the molecule is CCC(C)C(C)NC(=O)N1CCSCC1CC(=O)O. The second-order valence-corrected chi connectivity index (χ2v) is 6.29. The van der Waals surface area contributed by atoms with E-state index in [1.54, 1.807) is 16.7 Å². The number of thioether (sulfide) groups is 1. The topological polar surface area (TPSA) is 69.6 Å². The maximum absolute atomic E-state index is 12.2. The lowest BCUT2D eigenvalue weighted by molar-refractivity contribution is -0.138. The second kappa shape index (κ2) is 7.62. The molecule has 1 saturated heterocycles. The van der Waals surface area contributed by atoms with Crippen LogP contribution in [0.25, 0.3) is 0 Å². The number of hydrogen-bond donors (Lipinski definition) is 2. The van der Waals surface area contributed by atoms with Gasteiger partial charge in [0.1, 0.15) is 0 Å². The number of nitrogens with zero attached hydrogens (tertiary/aromatic N) is 1. The average molecular weight is 288 g/mol. The van der Waals surface area contributed by atoms with E-state index in [1.807, 2.05) is 6.92 Å². The minimum atomic E-state index is -0.847. The van der Waals surface area contributed by atoms with Crippen molar-refractivity contribution in [3.8, 4) is 0 Å². The van der Waals surface area contributed by atoms with Crippen LogP contribution in [0.2, 0.25) is 0 Å². The van der Waals surface area contributed by atoms with E-state index in [2.05, 4.69) is 19.2 Å². The number of hydrogen-bond acceptors (Lipinski definition) is 3. The first-order valence-corrected chi connectivity index (χ1v) is 7.97. The highest BCUT2D eigenvalue weighted by atomic mass is 32.2. The van der Waals surface area contributed by atoms with Crippen LogP contribution in [0.15, 0.2) is 0 Å². The van der Waals surface area contributed by atoms with Crippen LogP contribution in [-0.2, 0) is 4.79 Å². The molecule has 0 spiro atoms. The van der Waals surface area contributed by atoms with Gasteiger partial charge in [-0.05, 0) is 12.8 Å². The van der Waals surface area contributed by atoms with Crippen molar-refractivity contribution >= 4 is 23.8 Å². The molecular weight excluding hydrogens is 264 g/mol. The molecular formula is C13H24N2O3S. The largest absolute Gasteiger partial charge is 0.481 e. The van der Waals surface area contributed by atoms with Crippen molar-refractivity contribution in [1.29, 1.82) is 0 Å². The summed E-state index contributed by atoms with van der Waals surface area (Å²) in [7, 11) is 0. The summed E-state index contributed by atoms with van der Waals surface area (Å²) in [5, 5.41) is 11.9. The van der Waals surface area contributed by atoms with Gasteiger partial charge in [0.15, 0.2) is 0 Å². The maximum Gasteiger partial charge on any atom is 0.317 e. The predicted octanol–water partition coefficient (Wildman–Crippen LogP) is 2.02. The van der Waals surface area contributed by atoms with Crippen LogP contribution in [0.1, 0.15) is 33.6 Å². The molecule has 5 nitrogen and oxygen atoms in total. The summed E-state index contributed by atoms with van der Waals surface area (Å²) in [6.07, 6.45) is 1.04. The average Bonchev–Trinajstić information content (AvgIpc) is 2.37. The zero-order valence-corrected chi connectivity index (χ0v) is 12.7. The number of aliphatic carboxylic acids is 1. The van der Waals surface area contributed by atoms with Crippen molar-refractivity contribution in [2.24, 2.45) is 5.92 Å². The molecule has 2 N–H and O–H groups in total. The molecule has 6 heteroatoms. The molecule has 1 aliphatic rings. The van der Waals surface area contributed by atoms with E-state index < -0.39 is 5.97 Å². The minimum Gasteiger partial charge on any atom is -0.481 e. The van der Waals surface area contributed by atoms with Crippen LogP contribution in [0.4, 0.5) is 4.79 Å². The third-order valence-corrected chi connectivity index (χ3v) is 4.84. The van der Waals surface area contributed by atoms with E-state index in [9.17, 15) is 9.59 Å². The molecule has 3 unspecified atom stereocenters. The Morgan fingerprint density at radius 1 is 1.47 bits per heavy atom. The highest BCUT2D eigenvalue weighted by Gasteiger charge is 2.29. The molecule has 110 valence electrons. The van der Waals surface area contributed by atoms with Gasteiger partial charge in [0.2, 0.25) is 0 Å². The van der Waals surface area contributed by atoms with Crippen LogP contribution in [-0.4, -0.2) is 52.1 Å². The van der Waals surface area contributed by atoms with Gasteiger partial charge in [-0.15, -0.1) is 0 Å². The highest BCUT2D eigenvalue weighted by Crippen LogP contribution is 2.19. The molecule has 3 atom stereocenters. The van der Waals surface area contributed by atoms with Crippen molar-refractivity contribution in [2.45, 2.75) is 45.7 Å². The highest BCUT2D eigenvalue weighted by molar-refractivity contribution is 7.99. The molecule has 1 heterocycles. The molecule has 0 aromatic carbocycles. The summed E-state index contributed by atoms with van der Waals surface area (Å²) in [6.45, 7) is 6.82. The lowest BCUT2D eigenvalue weighted by Crippen LogP contribution is -2.53. The van der Waals surface area contributed by atoms with Gasteiger partial charge < -0.3 is 15.3 Å².